The van der Waals surface area contributed by atoms with Crippen LogP contribution in [0.1, 0.15) is 182 Å². The summed E-state index contributed by atoms with van der Waals surface area (Å²) in [6, 6.07) is 0. The predicted molar refractivity (Wildman–Crippen MR) is 199 cm³/mol. The van der Waals surface area contributed by atoms with Crippen molar-refractivity contribution in [2.45, 2.75) is 200 Å². The van der Waals surface area contributed by atoms with Crippen LogP contribution in [0.3, 0.4) is 0 Å². The highest BCUT2D eigenvalue weighted by Gasteiger charge is 2.44. The Hall–Kier alpha value is -1.18. The van der Waals surface area contributed by atoms with E-state index in [0.29, 0.717) is 13.2 Å². The lowest BCUT2D eigenvalue weighted by atomic mass is 9.94. The maximum absolute atomic E-state index is 13.8. The standard InChI is InChI=1S/C41H79NO6/c1-7-11-15-19-21-25-29-35(27-23-17-13-9-3)40(43)47-38-34-46-37(33-45-32-31-42(5)6)39(38)48-41(44)36(28-24-18-14-10-4)30-26-22-20-16-12-8-2/h35-39H,7-34H2,1-6H3/t35?,36?,37-,38+,39+/m1/s1. The minimum atomic E-state index is -0.640. The van der Waals surface area contributed by atoms with Crippen LogP contribution in [0.25, 0.3) is 0 Å². The molecule has 1 rings (SSSR count). The predicted octanol–water partition coefficient (Wildman–Crippen LogP) is 10.5. The first-order chi connectivity index (χ1) is 23.4. The molecular weight excluding hydrogens is 602 g/mol. The van der Waals surface area contributed by atoms with Crippen molar-refractivity contribution in [1.82, 2.24) is 4.90 Å². The Labute approximate surface area is 297 Å². The van der Waals surface area contributed by atoms with Gasteiger partial charge in [-0.1, -0.05) is 156 Å². The minimum absolute atomic E-state index is 0.112. The summed E-state index contributed by atoms with van der Waals surface area (Å²) in [5.74, 6) is -0.539. The first-order valence-electron chi connectivity index (χ1n) is 20.6. The van der Waals surface area contributed by atoms with Crippen LogP contribution in [0.4, 0.5) is 0 Å². The first kappa shape index (κ1) is 44.8. The Morgan fingerprint density at radius 1 is 0.604 bits per heavy atom. The van der Waals surface area contributed by atoms with Crippen LogP contribution < -0.4 is 0 Å². The highest BCUT2D eigenvalue weighted by atomic mass is 16.6. The van der Waals surface area contributed by atoms with E-state index in [1.165, 1.54) is 77.0 Å². The maximum Gasteiger partial charge on any atom is 0.309 e. The summed E-state index contributed by atoms with van der Waals surface area (Å²) >= 11 is 0. The Morgan fingerprint density at radius 2 is 1.00 bits per heavy atom. The third kappa shape index (κ3) is 21.8. The zero-order valence-electron chi connectivity index (χ0n) is 32.6. The molecule has 48 heavy (non-hydrogen) atoms. The molecule has 0 spiro atoms. The van der Waals surface area contributed by atoms with Gasteiger partial charge in [-0.15, -0.1) is 0 Å². The summed E-state index contributed by atoms with van der Waals surface area (Å²) in [5.41, 5.74) is 0. The third-order valence-electron chi connectivity index (χ3n) is 9.98. The second kappa shape index (κ2) is 30.6. The fraction of sp³-hybridized carbons (Fsp3) is 0.951. The molecule has 0 saturated carbocycles. The van der Waals surface area contributed by atoms with Crippen molar-refractivity contribution in [2.24, 2.45) is 11.8 Å². The SMILES string of the molecule is CCCCCCCCC(CCCCCC)C(=O)O[C@@H]1[C@@H](OC(=O)C(CCCCCC)CCCCCCCC)CO[C@@H]1COCCN(C)C. The summed E-state index contributed by atoms with van der Waals surface area (Å²) in [4.78, 5) is 29.7. The zero-order valence-corrected chi connectivity index (χ0v) is 32.6. The molecule has 5 atom stereocenters. The van der Waals surface area contributed by atoms with Crippen molar-refractivity contribution in [3.05, 3.63) is 0 Å². The van der Waals surface area contributed by atoms with Gasteiger partial charge in [-0.2, -0.15) is 0 Å². The van der Waals surface area contributed by atoms with Gasteiger partial charge in [0.2, 0.25) is 0 Å². The van der Waals surface area contributed by atoms with Gasteiger partial charge >= 0.3 is 11.9 Å². The maximum atomic E-state index is 13.8. The molecule has 7 nitrogen and oxygen atoms in total. The Balaban J connectivity index is 2.98. The van der Waals surface area contributed by atoms with E-state index in [9.17, 15) is 9.59 Å². The number of ether oxygens (including phenoxy) is 4. The van der Waals surface area contributed by atoms with Gasteiger partial charge in [-0.25, -0.2) is 0 Å². The van der Waals surface area contributed by atoms with Crippen LogP contribution in [-0.4, -0.2) is 75.6 Å². The molecule has 1 saturated heterocycles. The summed E-state index contributed by atoms with van der Waals surface area (Å²) in [6.07, 6.45) is 25.3. The fourth-order valence-electron chi connectivity index (χ4n) is 6.70. The monoisotopic (exact) mass is 682 g/mol. The molecule has 0 radical (unpaired) electrons. The molecule has 2 unspecified atom stereocenters. The van der Waals surface area contributed by atoms with Crippen LogP contribution in [-0.2, 0) is 28.5 Å². The minimum Gasteiger partial charge on any atom is -0.456 e. The molecule has 1 aliphatic heterocycles. The average Bonchev–Trinajstić information content (AvgIpc) is 3.44. The van der Waals surface area contributed by atoms with E-state index >= 15 is 0 Å². The van der Waals surface area contributed by atoms with Gasteiger partial charge in [0.05, 0.1) is 31.7 Å². The molecule has 0 aromatic rings. The quantitative estimate of drug-likeness (QED) is 0.0504. The molecular formula is C41H79NO6. The highest BCUT2D eigenvalue weighted by Crippen LogP contribution is 2.28. The molecule has 0 aliphatic carbocycles. The molecule has 0 bridgehead atoms. The fourth-order valence-corrected chi connectivity index (χ4v) is 6.70. The van der Waals surface area contributed by atoms with Crippen LogP contribution >= 0.6 is 0 Å². The van der Waals surface area contributed by atoms with Crippen molar-refractivity contribution >= 4 is 11.9 Å². The van der Waals surface area contributed by atoms with Crippen LogP contribution in [0.15, 0.2) is 0 Å². The largest absolute Gasteiger partial charge is 0.456 e. The Morgan fingerprint density at radius 3 is 1.44 bits per heavy atom. The van der Waals surface area contributed by atoms with Gasteiger partial charge in [0.1, 0.15) is 6.10 Å². The van der Waals surface area contributed by atoms with Gasteiger partial charge in [0.25, 0.3) is 0 Å². The molecule has 0 aromatic carbocycles. The van der Waals surface area contributed by atoms with Crippen molar-refractivity contribution in [3.8, 4) is 0 Å². The van der Waals surface area contributed by atoms with Crippen molar-refractivity contribution in [3.63, 3.8) is 0 Å². The van der Waals surface area contributed by atoms with Crippen molar-refractivity contribution in [1.29, 1.82) is 0 Å². The first-order valence-corrected chi connectivity index (χ1v) is 20.6. The lowest BCUT2D eigenvalue weighted by Gasteiger charge is -2.27. The molecule has 7 heteroatoms. The lowest BCUT2D eigenvalue weighted by molar-refractivity contribution is -0.172. The molecule has 1 heterocycles. The Kier molecular flexibility index (Phi) is 28.6. The molecule has 1 fully saturated rings. The van der Waals surface area contributed by atoms with E-state index in [1.54, 1.807) is 0 Å². The molecule has 0 amide bonds. The number of likely N-dealkylation sites (N-methyl/N-ethyl adjacent to an activating group) is 1. The van der Waals surface area contributed by atoms with E-state index in [-0.39, 0.29) is 30.4 Å². The van der Waals surface area contributed by atoms with Gasteiger partial charge in [-0.05, 0) is 39.8 Å². The molecule has 284 valence electrons. The number of nitrogens with zero attached hydrogens (tertiary/aromatic N) is 1. The topological polar surface area (TPSA) is 74.3 Å². The van der Waals surface area contributed by atoms with E-state index in [0.717, 1.165) is 83.6 Å². The van der Waals surface area contributed by atoms with Crippen molar-refractivity contribution < 1.29 is 28.5 Å². The van der Waals surface area contributed by atoms with Crippen molar-refractivity contribution in [2.75, 3.05) is 40.5 Å². The summed E-state index contributed by atoms with van der Waals surface area (Å²) in [6.45, 7) is 10.8. The average molecular weight is 682 g/mol. The van der Waals surface area contributed by atoms with Crippen LogP contribution in [0.2, 0.25) is 0 Å². The van der Waals surface area contributed by atoms with Gasteiger partial charge in [-0.3, -0.25) is 9.59 Å². The highest BCUT2D eigenvalue weighted by molar-refractivity contribution is 5.74. The zero-order chi connectivity index (χ0) is 35.2. The number of unbranched alkanes of at least 4 members (excludes halogenated alkanes) is 16. The van der Waals surface area contributed by atoms with E-state index in [1.807, 2.05) is 14.1 Å². The number of esters is 2. The molecule has 1 aliphatic rings. The second-order valence-electron chi connectivity index (χ2n) is 14.8. The van der Waals surface area contributed by atoms with Crippen LogP contribution in [0.5, 0.6) is 0 Å². The number of rotatable bonds is 33. The van der Waals surface area contributed by atoms with Gasteiger partial charge < -0.3 is 23.8 Å². The summed E-state index contributed by atoms with van der Waals surface area (Å²) in [5, 5.41) is 0. The number of hydrogen-bond donors (Lipinski definition) is 0. The number of carbonyl (C=O) groups is 2. The smallest absolute Gasteiger partial charge is 0.309 e. The van der Waals surface area contributed by atoms with Crippen LogP contribution in [0, 0.1) is 11.8 Å². The molecule has 0 N–H and O–H groups in total. The third-order valence-corrected chi connectivity index (χ3v) is 9.98. The van der Waals surface area contributed by atoms with E-state index in [2.05, 4.69) is 32.6 Å². The molecule has 0 aromatic heterocycles. The lowest BCUT2D eigenvalue weighted by Crippen LogP contribution is -2.42. The van der Waals surface area contributed by atoms with Gasteiger partial charge in [0, 0.05) is 6.54 Å². The van der Waals surface area contributed by atoms with E-state index in [4.69, 9.17) is 18.9 Å². The normalized spacial score (nSPS) is 19.1. The number of carbonyl (C=O) groups excluding carboxylic acids is 2. The summed E-state index contributed by atoms with van der Waals surface area (Å²) < 4.78 is 24.7. The Bertz CT molecular complexity index is 761. The van der Waals surface area contributed by atoms with E-state index < -0.39 is 18.3 Å². The number of hydrogen-bond acceptors (Lipinski definition) is 7. The summed E-state index contributed by atoms with van der Waals surface area (Å²) in [7, 11) is 4.04. The second-order valence-corrected chi connectivity index (χ2v) is 14.8. The van der Waals surface area contributed by atoms with Gasteiger partial charge in [0.15, 0.2) is 12.2 Å².